The van der Waals surface area contributed by atoms with Gasteiger partial charge in [-0.2, -0.15) is 0 Å². The average Bonchev–Trinajstić information content (AvgIpc) is 3.32. The Hall–Kier alpha value is -3.56. The van der Waals surface area contributed by atoms with Crippen LogP contribution in [0.15, 0.2) is 42.9 Å². The van der Waals surface area contributed by atoms with Crippen molar-refractivity contribution in [1.29, 1.82) is 0 Å². The predicted octanol–water partition coefficient (Wildman–Crippen LogP) is 3.17. The molecule has 0 unspecified atom stereocenters. The van der Waals surface area contributed by atoms with Gasteiger partial charge in [-0.25, -0.2) is 15.0 Å². The van der Waals surface area contributed by atoms with E-state index in [2.05, 4.69) is 54.6 Å². The Morgan fingerprint density at radius 2 is 1.86 bits per heavy atom. The van der Waals surface area contributed by atoms with Crippen LogP contribution in [0.25, 0.3) is 11.3 Å². The highest BCUT2D eigenvalue weighted by Crippen LogP contribution is 2.35. The molecule has 2 saturated heterocycles. The summed E-state index contributed by atoms with van der Waals surface area (Å²) in [5, 5.41) is 6.35. The van der Waals surface area contributed by atoms with Gasteiger partial charge in [0.1, 0.15) is 12.1 Å². The second kappa shape index (κ2) is 9.83. The third-order valence-electron chi connectivity index (χ3n) is 7.45. The summed E-state index contributed by atoms with van der Waals surface area (Å²) in [6, 6.07) is 10.1. The Morgan fingerprint density at radius 3 is 2.64 bits per heavy atom. The zero-order valence-corrected chi connectivity index (χ0v) is 20.5. The molecule has 2 fully saturated rings. The van der Waals surface area contributed by atoms with Crippen molar-refractivity contribution in [2.24, 2.45) is 0 Å². The largest absolute Gasteiger partial charge is 0.381 e. The minimum absolute atomic E-state index is 0.0814. The molecule has 1 aromatic carbocycles. The standard InChI is InChI=1S/C27H31N7O2/c1-33-8-10-34(11-9-33)19-2-5-25(28-15-19)32-22-4-3-20(21-16-29-27(35)26(21)22)24-14-23(30-17-31-24)18-6-12-36-13-7-18/h2-5,14-15,17-18H,6-13,16H2,1H3,(H,28,32)(H,29,35). The van der Waals surface area contributed by atoms with Crippen molar-refractivity contribution in [3.05, 3.63) is 59.7 Å². The van der Waals surface area contributed by atoms with Crippen molar-refractivity contribution in [3.63, 3.8) is 0 Å². The molecule has 0 atom stereocenters. The molecule has 0 saturated carbocycles. The van der Waals surface area contributed by atoms with Crippen LogP contribution in [-0.2, 0) is 11.3 Å². The number of nitrogens with zero attached hydrogens (tertiary/aromatic N) is 5. The van der Waals surface area contributed by atoms with Crippen molar-refractivity contribution in [2.75, 3.05) is 56.7 Å². The molecule has 3 aliphatic heterocycles. The number of nitrogens with one attached hydrogen (secondary N) is 2. The lowest BCUT2D eigenvalue weighted by Crippen LogP contribution is -2.44. The Kier molecular flexibility index (Phi) is 6.25. The monoisotopic (exact) mass is 485 g/mol. The topological polar surface area (TPSA) is 95.5 Å². The minimum Gasteiger partial charge on any atom is -0.381 e. The second-order valence-corrected chi connectivity index (χ2v) is 9.73. The summed E-state index contributed by atoms with van der Waals surface area (Å²) in [6.45, 7) is 6.11. The minimum atomic E-state index is -0.0814. The van der Waals surface area contributed by atoms with Crippen LogP contribution in [0.5, 0.6) is 0 Å². The SMILES string of the molecule is CN1CCN(c2ccc(Nc3ccc(-c4cc(C5CCOCC5)ncn4)c4c3C(=O)NC4)nc2)CC1. The van der Waals surface area contributed by atoms with Crippen molar-refractivity contribution in [3.8, 4) is 11.3 Å². The zero-order valence-electron chi connectivity index (χ0n) is 20.5. The van der Waals surface area contributed by atoms with E-state index < -0.39 is 0 Å². The maximum Gasteiger partial charge on any atom is 0.254 e. The molecule has 0 aliphatic carbocycles. The number of anilines is 3. The number of fused-ring (bicyclic) bond motifs is 1. The Balaban J connectivity index is 1.25. The van der Waals surface area contributed by atoms with E-state index in [0.717, 1.165) is 86.1 Å². The fraction of sp³-hybridized carbons (Fsp3) is 0.407. The molecule has 0 spiro atoms. The van der Waals surface area contributed by atoms with Gasteiger partial charge in [-0.3, -0.25) is 4.79 Å². The molecule has 6 rings (SSSR count). The highest BCUT2D eigenvalue weighted by molar-refractivity contribution is 6.06. The number of ether oxygens (including phenoxy) is 1. The van der Waals surface area contributed by atoms with E-state index in [1.54, 1.807) is 6.33 Å². The summed E-state index contributed by atoms with van der Waals surface area (Å²) in [5.74, 6) is 1.02. The number of pyridine rings is 1. The Bertz CT molecular complexity index is 1250. The number of rotatable bonds is 5. The third-order valence-corrected chi connectivity index (χ3v) is 7.45. The number of amides is 1. The molecule has 9 heteroatoms. The average molecular weight is 486 g/mol. The van der Waals surface area contributed by atoms with Crippen molar-refractivity contribution < 1.29 is 9.53 Å². The van der Waals surface area contributed by atoms with Crippen LogP contribution in [0.1, 0.15) is 40.4 Å². The van der Waals surface area contributed by atoms with Gasteiger partial charge in [-0.1, -0.05) is 6.07 Å². The summed E-state index contributed by atoms with van der Waals surface area (Å²) in [7, 11) is 2.15. The molecule has 0 bridgehead atoms. The van der Waals surface area contributed by atoms with E-state index in [1.807, 2.05) is 24.4 Å². The maximum absolute atomic E-state index is 12.8. The molecular weight excluding hydrogens is 454 g/mol. The molecular formula is C27H31N7O2. The quantitative estimate of drug-likeness (QED) is 0.569. The number of aromatic nitrogens is 3. The lowest BCUT2D eigenvalue weighted by Gasteiger charge is -2.33. The zero-order chi connectivity index (χ0) is 24.5. The summed E-state index contributed by atoms with van der Waals surface area (Å²) in [6.07, 6.45) is 5.48. The number of hydrogen-bond acceptors (Lipinski definition) is 8. The molecule has 0 radical (unpaired) electrons. The number of hydrogen-bond donors (Lipinski definition) is 2. The fourth-order valence-corrected chi connectivity index (χ4v) is 5.28. The van der Waals surface area contributed by atoms with Crippen LogP contribution in [0.2, 0.25) is 0 Å². The molecule has 9 nitrogen and oxygen atoms in total. The molecule has 5 heterocycles. The first kappa shape index (κ1) is 22.9. The van der Waals surface area contributed by atoms with Crippen LogP contribution in [-0.4, -0.2) is 72.2 Å². The van der Waals surface area contributed by atoms with Gasteiger partial charge in [0.2, 0.25) is 0 Å². The van der Waals surface area contributed by atoms with Gasteiger partial charge in [0.05, 0.1) is 28.8 Å². The number of carbonyl (C=O) groups excluding carboxylic acids is 1. The molecule has 2 N–H and O–H groups in total. The highest BCUT2D eigenvalue weighted by Gasteiger charge is 2.27. The first-order valence-corrected chi connectivity index (χ1v) is 12.7. The smallest absolute Gasteiger partial charge is 0.254 e. The second-order valence-electron chi connectivity index (χ2n) is 9.73. The van der Waals surface area contributed by atoms with Crippen molar-refractivity contribution >= 4 is 23.1 Å². The summed E-state index contributed by atoms with van der Waals surface area (Å²) < 4.78 is 5.51. The molecule has 2 aromatic heterocycles. The first-order valence-electron chi connectivity index (χ1n) is 12.7. The molecule has 1 amide bonds. The third kappa shape index (κ3) is 4.52. The van der Waals surface area contributed by atoms with Crippen molar-refractivity contribution in [1.82, 2.24) is 25.2 Å². The molecule has 36 heavy (non-hydrogen) atoms. The number of likely N-dealkylation sites (N-methyl/N-ethyl adjacent to an activating group) is 1. The van der Waals surface area contributed by atoms with Gasteiger partial charge in [0.15, 0.2) is 0 Å². The number of piperazine rings is 1. The van der Waals surface area contributed by atoms with Gasteiger partial charge >= 0.3 is 0 Å². The van der Waals surface area contributed by atoms with Crippen molar-refractivity contribution in [2.45, 2.75) is 25.3 Å². The van der Waals surface area contributed by atoms with Gasteiger partial charge in [-0.15, -0.1) is 0 Å². The van der Waals surface area contributed by atoms with Crippen LogP contribution >= 0.6 is 0 Å². The van der Waals surface area contributed by atoms with Gasteiger partial charge in [-0.05, 0) is 49.7 Å². The van der Waals surface area contributed by atoms with Gasteiger partial charge < -0.3 is 25.2 Å². The Morgan fingerprint density at radius 1 is 1.03 bits per heavy atom. The van der Waals surface area contributed by atoms with Gasteiger partial charge in [0.25, 0.3) is 5.91 Å². The van der Waals surface area contributed by atoms with E-state index in [4.69, 9.17) is 4.74 Å². The fourth-order valence-electron chi connectivity index (χ4n) is 5.28. The van der Waals surface area contributed by atoms with Gasteiger partial charge in [0, 0.05) is 63.1 Å². The normalized spacial score (nSPS) is 18.7. The molecule has 3 aliphatic rings. The first-order chi connectivity index (χ1) is 17.7. The van der Waals surface area contributed by atoms with E-state index in [1.165, 1.54) is 0 Å². The Labute approximate surface area is 210 Å². The molecule has 3 aromatic rings. The van der Waals surface area contributed by atoms with E-state index in [0.29, 0.717) is 23.8 Å². The number of carbonyl (C=O) groups is 1. The van der Waals surface area contributed by atoms with E-state index in [-0.39, 0.29) is 5.91 Å². The van der Waals surface area contributed by atoms with Crippen LogP contribution in [0, 0.1) is 0 Å². The lowest BCUT2D eigenvalue weighted by atomic mass is 9.93. The lowest BCUT2D eigenvalue weighted by molar-refractivity contribution is 0.0845. The summed E-state index contributed by atoms with van der Waals surface area (Å²) in [5.41, 5.74) is 6.34. The summed E-state index contributed by atoms with van der Waals surface area (Å²) in [4.78, 5) is 31.3. The van der Waals surface area contributed by atoms with Crippen LogP contribution < -0.4 is 15.5 Å². The summed E-state index contributed by atoms with van der Waals surface area (Å²) >= 11 is 0. The van der Waals surface area contributed by atoms with Crippen LogP contribution in [0.3, 0.4) is 0 Å². The number of benzene rings is 1. The maximum atomic E-state index is 12.8. The van der Waals surface area contributed by atoms with E-state index in [9.17, 15) is 4.79 Å². The van der Waals surface area contributed by atoms with E-state index >= 15 is 0 Å². The highest BCUT2D eigenvalue weighted by atomic mass is 16.5. The predicted molar refractivity (Wildman–Crippen MR) is 139 cm³/mol. The van der Waals surface area contributed by atoms with Crippen LogP contribution in [0.4, 0.5) is 17.2 Å². The molecule has 186 valence electrons.